The first-order valence-corrected chi connectivity index (χ1v) is 4.23. The first-order valence-electron chi connectivity index (χ1n) is 4.23. The van der Waals surface area contributed by atoms with Gasteiger partial charge in [-0.05, 0) is 23.8 Å². The first kappa shape index (κ1) is 8.94. The van der Waals surface area contributed by atoms with Crippen LogP contribution in [0, 0.1) is 5.82 Å². The van der Waals surface area contributed by atoms with Crippen LogP contribution in [-0.2, 0) is 0 Å². The van der Waals surface area contributed by atoms with Crippen LogP contribution in [0.25, 0.3) is 11.1 Å². The second-order valence-corrected chi connectivity index (χ2v) is 2.98. The number of benzene rings is 1. The summed E-state index contributed by atoms with van der Waals surface area (Å²) in [5.41, 5.74) is 1.84. The zero-order valence-corrected chi connectivity index (χ0v) is 7.44. The molecule has 0 fully saturated rings. The normalized spacial score (nSPS) is 10.1. The zero-order valence-electron chi connectivity index (χ0n) is 7.44. The van der Waals surface area contributed by atoms with E-state index < -0.39 is 0 Å². The van der Waals surface area contributed by atoms with Gasteiger partial charge in [-0.2, -0.15) is 0 Å². The Kier molecular flexibility index (Phi) is 2.31. The molecule has 2 rings (SSSR count). The van der Waals surface area contributed by atoms with Crippen molar-refractivity contribution in [3.05, 3.63) is 48.5 Å². The molecular weight excluding hydrogens is 176 g/mol. The molecule has 66 valence electrons. The van der Waals surface area contributed by atoms with Crippen molar-refractivity contribution in [2.75, 3.05) is 0 Å². The first-order chi connectivity index (χ1) is 6.77. The monoisotopic (exact) mass is 183 g/mol. The van der Waals surface area contributed by atoms with Crippen LogP contribution in [0.2, 0.25) is 0 Å². The molecule has 1 heterocycles. The van der Waals surface area contributed by atoms with Crippen LogP contribution in [0.1, 0.15) is 0 Å². The third-order valence-corrected chi connectivity index (χ3v) is 1.98. The summed E-state index contributed by atoms with van der Waals surface area (Å²) in [6.07, 6.45) is 3.25. The summed E-state index contributed by atoms with van der Waals surface area (Å²) in [5.74, 6) is -0.273. The van der Waals surface area contributed by atoms with E-state index in [1.54, 1.807) is 36.7 Å². The van der Waals surface area contributed by atoms with Crippen molar-refractivity contribution < 1.29 is 4.39 Å². The van der Waals surface area contributed by atoms with Gasteiger partial charge < -0.3 is 0 Å². The standard InChI is InChI=1S/C11H7BFN/c12-9-1-2-11(13)10(7-9)8-3-5-14-6-4-8/h1-7H. The maximum Gasteiger partial charge on any atom is 0.130 e. The minimum absolute atomic E-state index is 0.273. The van der Waals surface area contributed by atoms with Gasteiger partial charge in [0.2, 0.25) is 0 Å². The van der Waals surface area contributed by atoms with Gasteiger partial charge in [0.15, 0.2) is 0 Å². The molecule has 0 spiro atoms. The molecule has 0 aliphatic rings. The summed E-state index contributed by atoms with van der Waals surface area (Å²) in [5, 5.41) is 0. The molecule has 0 saturated carbocycles. The second kappa shape index (κ2) is 3.62. The number of nitrogens with zero attached hydrogens (tertiary/aromatic N) is 1. The molecule has 1 aromatic heterocycles. The Morgan fingerprint density at radius 2 is 1.79 bits per heavy atom. The summed E-state index contributed by atoms with van der Waals surface area (Å²) in [4.78, 5) is 3.87. The summed E-state index contributed by atoms with van der Waals surface area (Å²) < 4.78 is 13.4. The third kappa shape index (κ3) is 1.67. The van der Waals surface area contributed by atoms with Gasteiger partial charge in [0.1, 0.15) is 13.7 Å². The lowest BCUT2D eigenvalue weighted by Crippen LogP contribution is -2.02. The lowest BCUT2D eigenvalue weighted by Gasteiger charge is -2.03. The van der Waals surface area contributed by atoms with Crippen molar-refractivity contribution in [1.29, 1.82) is 0 Å². The molecule has 0 amide bonds. The van der Waals surface area contributed by atoms with Crippen LogP contribution < -0.4 is 5.46 Å². The van der Waals surface area contributed by atoms with Gasteiger partial charge in [-0.15, -0.1) is 0 Å². The van der Waals surface area contributed by atoms with Gasteiger partial charge in [0.25, 0.3) is 0 Å². The Hall–Kier alpha value is -1.64. The van der Waals surface area contributed by atoms with Crippen molar-refractivity contribution in [3.63, 3.8) is 0 Å². The number of hydrogen-bond donors (Lipinski definition) is 0. The lowest BCUT2D eigenvalue weighted by molar-refractivity contribution is 0.631. The summed E-state index contributed by atoms with van der Waals surface area (Å²) in [6, 6.07) is 8.02. The maximum absolute atomic E-state index is 13.4. The van der Waals surface area contributed by atoms with Crippen molar-refractivity contribution in [3.8, 4) is 11.1 Å². The van der Waals surface area contributed by atoms with Crippen molar-refractivity contribution in [2.45, 2.75) is 0 Å². The molecule has 3 heteroatoms. The molecule has 0 aliphatic carbocycles. The fourth-order valence-corrected chi connectivity index (χ4v) is 1.30. The number of halogens is 1. The van der Waals surface area contributed by atoms with Crippen LogP contribution in [-0.4, -0.2) is 12.8 Å². The quantitative estimate of drug-likeness (QED) is 0.613. The molecule has 2 radical (unpaired) electrons. The topological polar surface area (TPSA) is 12.9 Å². The molecule has 0 unspecified atom stereocenters. The smallest absolute Gasteiger partial charge is 0.130 e. The van der Waals surface area contributed by atoms with Gasteiger partial charge in [-0.3, -0.25) is 4.98 Å². The van der Waals surface area contributed by atoms with E-state index in [4.69, 9.17) is 7.85 Å². The zero-order chi connectivity index (χ0) is 9.97. The Morgan fingerprint density at radius 1 is 1.07 bits per heavy atom. The van der Waals surface area contributed by atoms with E-state index in [9.17, 15) is 4.39 Å². The van der Waals surface area contributed by atoms with E-state index in [-0.39, 0.29) is 5.82 Å². The molecule has 0 bridgehead atoms. The highest BCUT2D eigenvalue weighted by atomic mass is 19.1. The van der Waals surface area contributed by atoms with Gasteiger partial charge in [-0.1, -0.05) is 17.6 Å². The van der Waals surface area contributed by atoms with Crippen LogP contribution in [0.3, 0.4) is 0 Å². The summed E-state index contributed by atoms with van der Waals surface area (Å²) >= 11 is 0. The Morgan fingerprint density at radius 3 is 2.50 bits per heavy atom. The van der Waals surface area contributed by atoms with Crippen molar-refractivity contribution in [1.82, 2.24) is 4.98 Å². The average molecular weight is 183 g/mol. The number of rotatable bonds is 1. The van der Waals surface area contributed by atoms with E-state index in [0.717, 1.165) is 5.56 Å². The highest BCUT2D eigenvalue weighted by Gasteiger charge is 2.03. The van der Waals surface area contributed by atoms with E-state index in [2.05, 4.69) is 4.98 Å². The predicted octanol–water partition coefficient (Wildman–Crippen LogP) is 1.68. The van der Waals surface area contributed by atoms with E-state index >= 15 is 0 Å². The Labute approximate surface area is 83.0 Å². The van der Waals surface area contributed by atoms with Crippen LogP contribution in [0.4, 0.5) is 4.39 Å². The second-order valence-electron chi connectivity index (χ2n) is 2.98. The van der Waals surface area contributed by atoms with E-state index in [1.165, 1.54) is 6.07 Å². The summed E-state index contributed by atoms with van der Waals surface area (Å²) in [7, 11) is 5.58. The molecule has 0 atom stereocenters. The predicted molar refractivity (Wildman–Crippen MR) is 55.0 cm³/mol. The average Bonchev–Trinajstić information content (AvgIpc) is 2.23. The fourth-order valence-electron chi connectivity index (χ4n) is 1.30. The molecule has 2 aromatic rings. The summed E-state index contributed by atoms with van der Waals surface area (Å²) in [6.45, 7) is 0. The largest absolute Gasteiger partial charge is 0.265 e. The van der Waals surface area contributed by atoms with E-state index in [1.807, 2.05) is 0 Å². The molecule has 0 N–H and O–H groups in total. The van der Waals surface area contributed by atoms with Crippen molar-refractivity contribution >= 4 is 13.3 Å². The third-order valence-electron chi connectivity index (χ3n) is 1.98. The minimum Gasteiger partial charge on any atom is -0.265 e. The van der Waals surface area contributed by atoms with Crippen LogP contribution >= 0.6 is 0 Å². The van der Waals surface area contributed by atoms with Gasteiger partial charge in [0.05, 0.1) is 0 Å². The van der Waals surface area contributed by atoms with Crippen LogP contribution in [0.5, 0.6) is 0 Å². The maximum atomic E-state index is 13.4. The number of hydrogen-bond acceptors (Lipinski definition) is 1. The van der Waals surface area contributed by atoms with Gasteiger partial charge in [0, 0.05) is 18.0 Å². The molecule has 0 aliphatic heterocycles. The van der Waals surface area contributed by atoms with Gasteiger partial charge >= 0.3 is 0 Å². The number of pyridine rings is 1. The minimum atomic E-state index is -0.273. The van der Waals surface area contributed by atoms with Gasteiger partial charge in [-0.25, -0.2) is 4.39 Å². The fraction of sp³-hybridized carbons (Fsp3) is 0. The molecule has 1 nitrogen and oxygen atoms in total. The van der Waals surface area contributed by atoms with Crippen molar-refractivity contribution in [2.24, 2.45) is 0 Å². The molecule has 14 heavy (non-hydrogen) atoms. The Balaban J connectivity index is 2.57. The number of aromatic nitrogens is 1. The Bertz CT molecular complexity index is 442. The SMILES string of the molecule is [B]c1ccc(F)c(-c2ccncc2)c1. The van der Waals surface area contributed by atoms with Crippen LogP contribution in [0.15, 0.2) is 42.7 Å². The highest BCUT2D eigenvalue weighted by molar-refractivity contribution is 6.32. The molecule has 0 saturated heterocycles. The lowest BCUT2D eigenvalue weighted by atomic mass is 9.92. The van der Waals surface area contributed by atoms with E-state index in [0.29, 0.717) is 11.0 Å². The molecule has 1 aromatic carbocycles. The highest BCUT2D eigenvalue weighted by Crippen LogP contribution is 2.20. The molecular formula is C11H7BFN.